The molecule has 4 N–H and O–H groups in total. The Kier molecular flexibility index (Phi) is 5.90. The monoisotopic (exact) mass is 455 g/mol. The number of rotatable bonds is 8. The lowest BCUT2D eigenvalue weighted by Crippen LogP contribution is -2.28. The van der Waals surface area contributed by atoms with Crippen molar-refractivity contribution in [3.05, 3.63) is 59.0 Å². The maximum atomic E-state index is 9.98. The molecule has 1 saturated carbocycles. The smallest absolute Gasteiger partial charge is 0.227 e. The Morgan fingerprint density at radius 1 is 1.26 bits per heavy atom. The van der Waals surface area contributed by atoms with Gasteiger partial charge in [0.05, 0.1) is 34.9 Å². The number of nitrogens with zero attached hydrogens (tertiary/aromatic N) is 4. The molecule has 8 heteroatoms. The van der Waals surface area contributed by atoms with E-state index in [1.165, 1.54) is 12.8 Å². The molecule has 1 aliphatic heterocycles. The predicted molar refractivity (Wildman–Crippen MR) is 132 cm³/mol. The number of nitriles is 1. The second-order valence-corrected chi connectivity index (χ2v) is 9.51. The number of anilines is 3. The van der Waals surface area contributed by atoms with Gasteiger partial charge in [0.15, 0.2) is 0 Å². The van der Waals surface area contributed by atoms with Crippen LogP contribution in [0.1, 0.15) is 42.1 Å². The Hall–Kier alpha value is -3.54. The minimum atomic E-state index is -0.443. The van der Waals surface area contributed by atoms with Crippen LogP contribution in [0.4, 0.5) is 17.3 Å². The van der Waals surface area contributed by atoms with Crippen LogP contribution in [0.2, 0.25) is 0 Å². The molecule has 5 rings (SSSR count). The van der Waals surface area contributed by atoms with Crippen molar-refractivity contribution in [2.75, 3.05) is 30.3 Å². The number of nitrogens with one attached hydrogen (secondary N) is 3. The van der Waals surface area contributed by atoms with E-state index < -0.39 is 5.41 Å². The molecule has 8 nitrogen and oxygen atoms in total. The topological polar surface area (TPSA) is 119 Å². The molecule has 1 aliphatic carbocycles. The third-order valence-electron chi connectivity index (χ3n) is 6.59. The first kappa shape index (κ1) is 22.3. The van der Waals surface area contributed by atoms with E-state index in [1.54, 1.807) is 6.20 Å². The lowest BCUT2D eigenvalue weighted by atomic mass is 9.83. The first-order valence-electron chi connectivity index (χ1n) is 11.7. The largest absolute Gasteiger partial charge is 0.395 e. The number of aliphatic hydroxyl groups excluding tert-OH is 1. The third kappa shape index (κ3) is 4.45. The van der Waals surface area contributed by atoms with Gasteiger partial charge in [-0.3, -0.25) is 4.98 Å². The number of hydrogen-bond donors (Lipinski definition) is 4. The summed E-state index contributed by atoms with van der Waals surface area (Å²) in [4.78, 5) is 13.8. The number of aromatic nitrogens is 3. The van der Waals surface area contributed by atoms with E-state index in [-0.39, 0.29) is 6.61 Å². The van der Waals surface area contributed by atoms with Crippen molar-refractivity contribution in [3.63, 3.8) is 0 Å². The maximum absolute atomic E-state index is 9.98. The number of hydrogen-bond acceptors (Lipinski definition) is 8. The molecule has 0 spiro atoms. The van der Waals surface area contributed by atoms with Gasteiger partial charge in [0, 0.05) is 48.9 Å². The molecular weight excluding hydrogens is 426 g/mol. The Balaban J connectivity index is 1.44. The number of benzene rings is 1. The highest BCUT2D eigenvalue weighted by Crippen LogP contribution is 2.41. The molecule has 1 fully saturated rings. The summed E-state index contributed by atoms with van der Waals surface area (Å²) in [6, 6.07) is 10.7. The molecular formula is C26H29N7O. The second kappa shape index (κ2) is 9.01. The normalized spacial score (nSPS) is 18.8. The number of pyridine rings is 1. The average molecular weight is 456 g/mol. The number of fused-ring (bicyclic) bond motifs is 1. The van der Waals surface area contributed by atoms with E-state index in [2.05, 4.69) is 38.1 Å². The van der Waals surface area contributed by atoms with Crippen molar-refractivity contribution in [3.8, 4) is 17.3 Å². The van der Waals surface area contributed by atoms with Gasteiger partial charge >= 0.3 is 0 Å². The van der Waals surface area contributed by atoms with Gasteiger partial charge in [-0.05, 0) is 55.2 Å². The molecule has 1 aromatic carbocycles. The van der Waals surface area contributed by atoms with Crippen LogP contribution in [-0.2, 0) is 11.8 Å². The van der Waals surface area contributed by atoms with E-state index in [4.69, 9.17) is 4.98 Å². The standard InChI is InChI=1S/C26H29N7O/c1-16-9-23(22(30-13-16)6-7-28-19-3-4-19)33-25-29-8-5-21(32-25)17-10-18(12-27)24-20(11-17)26(2,15-34)14-31-24/h5,8-11,13,19,28,31,34H,3-4,6-7,14-15H2,1-2H3,(H,29,32,33)/t26-/m1/s1. The third-order valence-corrected chi connectivity index (χ3v) is 6.59. The molecule has 34 heavy (non-hydrogen) atoms. The van der Waals surface area contributed by atoms with Crippen LogP contribution >= 0.6 is 0 Å². The van der Waals surface area contributed by atoms with Crippen molar-refractivity contribution in [1.82, 2.24) is 20.3 Å². The highest BCUT2D eigenvalue weighted by Gasteiger charge is 2.36. The van der Waals surface area contributed by atoms with Gasteiger partial charge in [0.1, 0.15) is 6.07 Å². The van der Waals surface area contributed by atoms with Crippen LogP contribution in [0, 0.1) is 18.3 Å². The molecule has 2 aromatic heterocycles. The summed E-state index contributed by atoms with van der Waals surface area (Å²) in [5, 5.41) is 29.9. The average Bonchev–Trinajstić information content (AvgIpc) is 3.62. The second-order valence-electron chi connectivity index (χ2n) is 9.51. The zero-order valence-corrected chi connectivity index (χ0v) is 19.5. The molecule has 2 aliphatic rings. The summed E-state index contributed by atoms with van der Waals surface area (Å²) in [6.07, 6.45) is 6.94. The van der Waals surface area contributed by atoms with Gasteiger partial charge in [-0.25, -0.2) is 9.97 Å². The molecule has 174 valence electrons. The minimum Gasteiger partial charge on any atom is -0.395 e. The van der Waals surface area contributed by atoms with E-state index in [0.717, 1.165) is 46.7 Å². The zero-order valence-electron chi connectivity index (χ0n) is 19.5. The Morgan fingerprint density at radius 3 is 2.88 bits per heavy atom. The van der Waals surface area contributed by atoms with E-state index in [9.17, 15) is 10.4 Å². The van der Waals surface area contributed by atoms with Gasteiger partial charge in [-0.1, -0.05) is 6.92 Å². The first-order chi connectivity index (χ1) is 16.5. The summed E-state index contributed by atoms with van der Waals surface area (Å²) in [5.74, 6) is 0.475. The van der Waals surface area contributed by atoms with Gasteiger partial charge in [-0.15, -0.1) is 0 Å². The zero-order chi connectivity index (χ0) is 23.7. The number of aliphatic hydroxyl groups is 1. The van der Waals surface area contributed by atoms with Crippen LogP contribution < -0.4 is 16.0 Å². The maximum Gasteiger partial charge on any atom is 0.227 e. The molecule has 1 atom stereocenters. The van der Waals surface area contributed by atoms with Gasteiger partial charge in [0.2, 0.25) is 5.95 Å². The van der Waals surface area contributed by atoms with Crippen LogP contribution in [0.25, 0.3) is 11.3 Å². The lowest BCUT2D eigenvalue weighted by molar-refractivity contribution is 0.219. The molecule has 3 aromatic rings. The molecule has 0 amide bonds. The fourth-order valence-electron chi connectivity index (χ4n) is 4.35. The van der Waals surface area contributed by atoms with Crippen molar-refractivity contribution < 1.29 is 5.11 Å². The van der Waals surface area contributed by atoms with Crippen LogP contribution in [0.15, 0.2) is 36.7 Å². The highest BCUT2D eigenvalue weighted by atomic mass is 16.3. The van der Waals surface area contributed by atoms with Crippen molar-refractivity contribution in [2.45, 2.75) is 44.6 Å². The molecule has 0 unspecified atom stereocenters. The highest BCUT2D eigenvalue weighted by molar-refractivity contribution is 5.76. The van der Waals surface area contributed by atoms with E-state index in [0.29, 0.717) is 29.8 Å². The fourth-order valence-corrected chi connectivity index (χ4v) is 4.35. The Bertz CT molecular complexity index is 1260. The molecule has 0 saturated heterocycles. The van der Waals surface area contributed by atoms with Crippen molar-refractivity contribution in [1.29, 1.82) is 5.26 Å². The van der Waals surface area contributed by atoms with Gasteiger partial charge in [-0.2, -0.15) is 5.26 Å². The molecule has 0 bridgehead atoms. The van der Waals surface area contributed by atoms with Crippen LogP contribution in [-0.4, -0.2) is 45.8 Å². The summed E-state index contributed by atoms with van der Waals surface area (Å²) in [5.41, 5.74) is 6.30. The van der Waals surface area contributed by atoms with Crippen LogP contribution in [0.5, 0.6) is 0 Å². The molecule has 3 heterocycles. The van der Waals surface area contributed by atoms with E-state index >= 15 is 0 Å². The lowest BCUT2D eigenvalue weighted by Gasteiger charge is -2.21. The van der Waals surface area contributed by atoms with Crippen molar-refractivity contribution in [2.24, 2.45) is 0 Å². The number of aryl methyl sites for hydroxylation is 1. The van der Waals surface area contributed by atoms with E-state index in [1.807, 2.05) is 38.2 Å². The fraction of sp³-hybridized carbons (Fsp3) is 0.385. The summed E-state index contributed by atoms with van der Waals surface area (Å²) >= 11 is 0. The summed E-state index contributed by atoms with van der Waals surface area (Å²) < 4.78 is 0. The van der Waals surface area contributed by atoms with Gasteiger partial charge < -0.3 is 21.1 Å². The summed E-state index contributed by atoms with van der Waals surface area (Å²) in [6.45, 7) is 5.48. The molecule has 0 radical (unpaired) electrons. The van der Waals surface area contributed by atoms with Gasteiger partial charge in [0.25, 0.3) is 0 Å². The Morgan fingerprint density at radius 2 is 2.12 bits per heavy atom. The minimum absolute atomic E-state index is 0.00333. The van der Waals surface area contributed by atoms with Crippen molar-refractivity contribution >= 4 is 17.3 Å². The predicted octanol–water partition coefficient (Wildman–Crippen LogP) is 3.43. The Labute approximate surface area is 199 Å². The SMILES string of the molecule is Cc1cnc(CCNC2CC2)c(Nc2nccc(-c3cc(C#N)c4c(c3)[C@@](C)(CO)CN4)n2)c1. The summed E-state index contributed by atoms with van der Waals surface area (Å²) in [7, 11) is 0. The first-order valence-corrected chi connectivity index (χ1v) is 11.7. The quantitative estimate of drug-likeness (QED) is 0.408. The van der Waals surface area contributed by atoms with Crippen LogP contribution in [0.3, 0.4) is 0 Å².